The third-order valence-electron chi connectivity index (χ3n) is 4.29. The molecule has 0 bridgehead atoms. The zero-order chi connectivity index (χ0) is 15.2. The molecule has 1 spiro atoms. The van der Waals surface area contributed by atoms with E-state index in [1.54, 1.807) is 18.2 Å². The first-order chi connectivity index (χ1) is 9.90. The first kappa shape index (κ1) is 14.2. The smallest absolute Gasteiger partial charge is 0.407 e. The van der Waals surface area contributed by atoms with Gasteiger partial charge in [-0.05, 0) is 42.9 Å². The number of carbonyl (C=O) groups is 2. The van der Waals surface area contributed by atoms with Gasteiger partial charge >= 0.3 is 6.09 Å². The second-order valence-electron chi connectivity index (χ2n) is 5.85. The third kappa shape index (κ3) is 2.70. The summed E-state index contributed by atoms with van der Waals surface area (Å²) in [4.78, 5) is 25.0. The van der Waals surface area contributed by atoms with Crippen molar-refractivity contribution in [2.75, 3.05) is 17.6 Å². The lowest BCUT2D eigenvalue weighted by atomic mass is 10.0. The summed E-state index contributed by atoms with van der Waals surface area (Å²) in [7, 11) is 0. The maximum atomic E-state index is 12.4. The Labute approximate surface area is 130 Å². The molecule has 3 rings (SSSR count). The summed E-state index contributed by atoms with van der Waals surface area (Å²) in [5, 5.41) is 12.0. The Balaban J connectivity index is 1.78. The van der Waals surface area contributed by atoms with Crippen LogP contribution in [0.2, 0.25) is 0 Å². The third-order valence-corrected chi connectivity index (χ3v) is 4.78. The molecule has 1 aromatic carbocycles. The molecule has 0 radical (unpaired) electrons. The van der Waals surface area contributed by atoms with Crippen molar-refractivity contribution in [3.05, 3.63) is 22.7 Å². The molecule has 6 nitrogen and oxygen atoms in total. The normalized spacial score (nSPS) is 22.3. The molecule has 2 aliphatic rings. The molecule has 0 aromatic heterocycles. The van der Waals surface area contributed by atoms with Gasteiger partial charge in [-0.3, -0.25) is 9.69 Å². The van der Waals surface area contributed by atoms with Crippen molar-refractivity contribution < 1.29 is 14.7 Å². The van der Waals surface area contributed by atoms with Gasteiger partial charge in [0.1, 0.15) is 6.04 Å². The van der Waals surface area contributed by atoms with Crippen molar-refractivity contribution >= 4 is 39.3 Å². The predicted molar refractivity (Wildman–Crippen MR) is 82.0 cm³/mol. The fraction of sp³-hybridized carbons (Fsp3) is 0.429. The SMILES string of the molecule is Nc1ccc(Br)cc1NC(=O)C1CC2(CC2)CN1C(=O)O. The van der Waals surface area contributed by atoms with Crippen LogP contribution < -0.4 is 11.1 Å². The van der Waals surface area contributed by atoms with Crippen LogP contribution in [0.5, 0.6) is 0 Å². The van der Waals surface area contributed by atoms with E-state index >= 15 is 0 Å². The molecule has 21 heavy (non-hydrogen) atoms. The molecule has 1 aliphatic carbocycles. The monoisotopic (exact) mass is 353 g/mol. The van der Waals surface area contributed by atoms with Gasteiger partial charge in [-0.2, -0.15) is 0 Å². The largest absolute Gasteiger partial charge is 0.465 e. The number of anilines is 2. The predicted octanol–water partition coefficient (Wildman–Crippen LogP) is 2.50. The standard InChI is InChI=1S/C14H16BrN3O3/c15-8-1-2-9(16)10(5-8)17-12(19)11-6-14(3-4-14)7-18(11)13(20)21/h1-2,5,11H,3-4,6-7,16H2,(H,17,19)(H,20,21). The number of nitrogens with zero attached hydrogens (tertiary/aromatic N) is 1. The Morgan fingerprint density at radius 1 is 1.43 bits per heavy atom. The van der Waals surface area contributed by atoms with E-state index in [1.165, 1.54) is 4.90 Å². The summed E-state index contributed by atoms with van der Waals surface area (Å²) in [5.41, 5.74) is 6.81. The molecule has 1 atom stereocenters. The van der Waals surface area contributed by atoms with Gasteiger partial charge in [-0.1, -0.05) is 15.9 Å². The van der Waals surface area contributed by atoms with Gasteiger partial charge in [-0.25, -0.2) is 4.79 Å². The summed E-state index contributed by atoms with van der Waals surface area (Å²) < 4.78 is 0.798. The quantitative estimate of drug-likeness (QED) is 0.711. The van der Waals surface area contributed by atoms with E-state index in [-0.39, 0.29) is 11.3 Å². The maximum absolute atomic E-state index is 12.4. The second-order valence-corrected chi connectivity index (χ2v) is 6.77. The Morgan fingerprint density at radius 3 is 2.76 bits per heavy atom. The summed E-state index contributed by atoms with van der Waals surface area (Å²) >= 11 is 3.32. The minimum absolute atomic E-state index is 0.0310. The molecule has 4 N–H and O–H groups in total. The van der Waals surface area contributed by atoms with Crippen molar-refractivity contribution in [2.45, 2.75) is 25.3 Å². The molecule has 112 valence electrons. The van der Waals surface area contributed by atoms with Crippen molar-refractivity contribution in [2.24, 2.45) is 5.41 Å². The topological polar surface area (TPSA) is 95.7 Å². The number of likely N-dealkylation sites (tertiary alicyclic amines) is 1. The molecule has 7 heteroatoms. The average molecular weight is 354 g/mol. The molecule has 1 saturated heterocycles. The van der Waals surface area contributed by atoms with E-state index in [9.17, 15) is 14.7 Å². The highest BCUT2D eigenvalue weighted by molar-refractivity contribution is 9.10. The number of benzene rings is 1. The minimum Gasteiger partial charge on any atom is -0.465 e. The number of carbonyl (C=O) groups excluding carboxylic acids is 1. The number of carboxylic acid groups (broad SMARTS) is 1. The molecule has 1 aromatic rings. The zero-order valence-electron chi connectivity index (χ0n) is 11.3. The van der Waals surface area contributed by atoms with Gasteiger partial charge in [0.2, 0.25) is 5.91 Å². The van der Waals surface area contributed by atoms with E-state index < -0.39 is 12.1 Å². The van der Waals surface area contributed by atoms with Crippen molar-refractivity contribution in [1.29, 1.82) is 0 Å². The average Bonchev–Trinajstić information content (AvgIpc) is 3.04. The van der Waals surface area contributed by atoms with Crippen molar-refractivity contribution in [1.82, 2.24) is 4.90 Å². The van der Waals surface area contributed by atoms with Gasteiger partial charge in [0, 0.05) is 11.0 Å². The lowest BCUT2D eigenvalue weighted by molar-refractivity contribution is -0.119. The number of hydrogen-bond donors (Lipinski definition) is 3. The summed E-state index contributed by atoms with van der Waals surface area (Å²) in [6, 6.07) is 4.54. The highest BCUT2D eigenvalue weighted by Crippen LogP contribution is 2.54. The van der Waals surface area contributed by atoms with E-state index in [0.29, 0.717) is 24.3 Å². The Kier molecular flexibility index (Phi) is 3.32. The van der Waals surface area contributed by atoms with Crippen LogP contribution in [0.25, 0.3) is 0 Å². The highest BCUT2D eigenvalue weighted by Gasteiger charge is 2.55. The van der Waals surface area contributed by atoms with Gasteiger partial charge in [-0.15, -0.1) is 0 Å². The van der Waals surface area contributed by atoms with E-state index in [2.05, 4.69) is 21.2 Å². The first-order valence-electron chi connectivity index (χ1n) is 6.76. The van der Waals surface area contributed by atoms with Gasteiger partial charge < -0.3 is 16.2 Å². The fourth-order valence-electron chi connectivity index (χ4n) is 2.88. The van der Waals surface area contributed by atoms with Crippen LogP contribution in [0.1, 0.15) is 19.3 Å². The maximum Gasteiger partial charge on any atom is 0.407 e. The van der Waals surface area contributed by atoms with Gasteiger partial charge in [0.25, 0.3) is 0 Å². The molecule has 1 heterocycles. The van der Waals surface area contributed by atoms with Crippen LogP contribution in [0.3, 0.4) is 0 Å². The number of rotatable bonds is 2. The van der Waals surface area contributed by atoms with Crippen LogP contribution in [-0.4, -0.2) is 34.6 Å². The Bertz CT molecular complexity index is 615. The lowest BCUT2D eigenvalue weighted by Crippen LogP contribution is -2.42. The highest BCUT2D eigenvalue weighted by atomic mass is 79.9. The summed E-state index contributed by atoms with van der Waals surface area (Å²) in [6.07, 6.45) is 1.55. The van der Waals surface area contributed by atoms with Crippen molar-refractivity contribution in [3.63, 3.8) is 0 Å². The molecule has 2 amide bonds. The number of nitrogens with one attached hydrogen (secondary N) is 1. The minimum atomic E-state index is -1.04. The number of hydrogen-bond acceptors (Lipinski definition) is 3. The summed E-state index contributed by atoms with van der Waals surface area (Å²) in [6.45, 7) is 0.453. The van der Waals surface area contributed by atoms with E-state index in [0.717, 1.165) is 17.3 Å². The lowest BCUT2D eigenvalue weighted by Gasteiger charge is -2.21. The number of amides is 2. The zero-order valence-corrected chi connectivity index (χ0v) is 12.9. The van der Waals surface area contributed by atoms with Crippen LogP contribution >= 0.6 is 15.9 Å². The van der Waals surface area contributed by atoms with Crippen LogP contribution in [-0.2, 0) is 4.79 Å². The number of nitrogen functional groups attached to an aromatic ring is 1. The fourth-order valence-corrected chi connectivity index (χ4v) is 3.24. The number of nitrogens with two attached hydrogens (primary N) is 1. The molecular weight excluding hydrogens is 338 g/mol. The van der Waals surface area contributed by atoms with Crippen LogP contribution in [0.15, 0.2) is 22.7 Å². The first-order valence-corrected chi connectivity index (χ1v) is 7.55. The molecular formula is C14H16BrN3O3. The van der Waals surface area contributed by atoms with Crippen LogP contribution in [0, 0.1) is 5.41 Å². The van der Waals surface area contributed by atoms with E-state index in [4.69, 9.17) is 5.73 Å². The van der Waals surface area contributed by atoms with Crippen LogP contribution in [0.4, 0.5) is 16.2 Å². The van der Waals surface area contributed by atoms with E-state index in [1.807, 2.05) is 0 Å². The summed E-state index contributed by atoms with van der Waals surface area (Å²) in [5.74, 6) is -0.314. The van der Waals surface area contributed by atoms with Gasteiger partial charge in [0.15, 0.2) is 0 Å². The number of halogens is 1. The van der Waals surface area contributed by atoms with Crippen molar-refractivity contribution in [3.8, 4) is 0 Å². The molecule has 1 unspecified atom stereocenters. The molecule has 1 aliphatic heterocycles. The molecule has 2 fully saturated rings. The second kappa shape index (κ2) is 4.91. The Hall–Kier alpha value is -1.76. The molecule has 1 saturated carbocycles. The van der Waals surface area contributed by atoms with Gasteiger partial charge in [0.05, 0.1) is 11.4 Å². The Morgan fingerprint density at radius 2 is 2.14 bits per heavy atom.